The van der Waals surface area contributed by atoms with E-state index in [0.717, 1.165) is 28.7 Å². The van der Waals surface area contributed by atoms with Crippen LogP contribution in [0.4, 0.5) is 0 Å². The summed E-state index contributed by atoms with van der Waals surface area (Å²) in [5.41, 5.74) is 1.89. The molecule has 5 aromatic rings. The van der Waals surface area contributed by atoms with Gasteiger partial charge in [-0.25, -0.2) is 4.98 Å². The lowest BCUT2D eigenvalue weighted by atomic mass is 10.2. The van der Waals surface area contributed by atoms with Crippen molar-refractivity contribution in [1.29, 1.82) is 0 Å². The highest BCUT2D eigenvalue weighted by molar-refractivity contribution is 5.84. The predicted molar refractivity (Wildman–Crippen MR) is 131 cm³/mol. The summed E-state index contributed by atoms with van der Waals surface area (Å²) in [6, 6.07) is 24.4. The number of hydrogen-bond acceptors (Lipinski definition) is 5. The van der Waals surface area contributed by atoms with E-state index in [1.807, 2.05) is 79.7 Å². The van der Waals surface area contributed by atoms with E-state index in [0.29, 0.717) is 22.5 Å². The number of para-hydroxylation sites is 2. The van der Waals surface area contributed by atoms with Crippen molar-refractivity contribution in [2.24, 2.45) is 5.10 Å². The Morgan fingerprint density at radius 2 is 1.82 bits per heavy atom. The van der Waals surface area contributed by atoms with E-state index in [2.05, 4.69) is 12.0 Å². The molecule has 0 amide bonds. The topological polar surface area (TPSA) is 69.6 Å². The second kappa shape index (κ2) is 8.74. The fourth-order valence-electron chi connectivity index (χ4n) is 3.55. The van der Waals surface area contributed by atoms with Gasteiger partial charge in [0.25, 0.3) is 5.56 Å². The van der Waals surface area contributed by atoms with Gasteiger partial charge in [-0.2, -0.15) is 9.78 Å². The van der Waals surface area contributed by atoms with Gasteiger partial charge in [0.2, 0.25) is 5.82 Å². The number of fused-ring (bicyclic) bond motifs is 2. The van der Waals surface area contributed by atoms with Gasteiger partial charge in [-0.15, -0.1) is 0 Å². The second-order valence-corrected chi connectivity index (χ2v) is 7.87. The summed E-state index contributed by atoms with van der Waals surface area (Å²) in [5, 5.41) is 5.92. The van der Waals surface area contributed by atoms with Crippen molar-refractivity contribution in [3.8, 4) is 17.3 Å². The monoisotopic (exact) mass is 437 g/mol. The zero-order valence-corrected chi connectivity index (χ0v) is 18.4. The number of nitrogens with zero attached hydrogens (tertiary/aromatic N) is 3. The van der Waals surface area contributed by atoms with E-state index in [1.54, 1.807) is 12.3 Å². The van der Waals surface area contributed by atoms with Crippen molar-refractivity contribution in [3.05, 3.63) is 94.8 Å². The van der Waals surface area contributed by atoms with Gasteiger partial charge in [-0.1, -0.05) is 37.3 Å². The fraction of sp³-hybridized carbons (Fsp3) is 0.148. The van der Waals surface area contributed by atoms with Crippen molar-refractivity contribution in [2.75, 3.05) is 0 Å². The Bertz CT molecular complexity index is 1480. The van der Waals surface area contributed by atoms with Crippen LogP contribution in [-0.4, -0.2) is 22.0 Å². The first-order chi connectivity index (χ1) is 16.1. The normalized spacial score (nSPS) is 12.5. The molecular weight excluding hydrogens is 414 g/mol. The average molecular weight is 437 g/mol. The zero-order valence-electron chi connectivity index (χ0n) is 18.4. The van der Waals surface area contributed by atoms with Crippen molar-refractivity contribution in [1.82, 2.24) is 9.66 Å². The van der Waals surface area contributed by atoms with Gasteiger partial charge in [-0.3, -0.25) is 4.79 Å². The molecule has 0 bridgehead atoms. The standard InChI is InChI=1S/C27H23N3O3/c1-3-18(2)32-21-14-12-19(13-15-21)17-28-30-26(25-16-20-8-4-7-11-24(20)33-25)29-23-10-6-5-9-22(23)27(30)31/h4-18H,3H2,1-2H3/t18-/m0/s1. The maximum absolute atomic E-state index is 13.3. The molecule has 6 heteroatoms. The lowest BCUT2D eigenvalue weighted by Crippen LogP contribution is -2.20. The second-order valence-electron chi connectivity index (χ2n) is 7.87. The van der Waals surface area contributed by atoms with Crippen LogP contribution < -0.4 is 10.3 Å². The van der Waals surface area contributed by atoms with Crippen LogP contribution in [0, 0.1) is 0 Å². The minimum Gasteiger partial charge on any atom is -0.491 e. The van der Waals surface area contributed by atoms with Gasteiger partial charge in [-0.05, 0) is 67.4 Å². The highest BCUT2D eigenvalue weighted by Crippen LogP contribution is 2.27. The van der Waals surface area contributed by atoms with E-state index in [4.69, 9.17) is 14.1 Å². The van der Waals surface area contributed by atoms with Gasteiger partial charge in [0.05, 0.1) is 23.2 Å². The Labute approximate surface area is 190 Å². The predicted octanol–water partition coefficient (Wildman–Crippen LogP) is 5.87. The van der Waals surface area contributed by atoms with E-state index in [9.17, 15) is 4.79 Å². The fourth-order valence-corrected chi connectivity index (χ4v) is 3.55. The molecule has 5 rings (SSSR count). The Kier molecular flexibility index (Phi) is 5.48. The van der Waals surface area contributed by atoms with Crippen LogP contribution in [-0.2, 0) is 0 Å². The molecule has 0 fully saturated rings. The number of ether oxygens (including phenoxy) is 1. The molecule has 0 radical (unpaired) electrons. The van der Waals surface area contributed by atoms with Crippen molar-refractivity contribution >= 4 is 28.1 Å². The smallest absolute Gasteiger partial charge is 0.282 e. The Morgan fingerprint density at radius 1 is 1.06 bits per heavy atom. The number of furan rings is 1. The Balaban J connectivity index is 1.58. The lowest BCUT2D eigenvalue weighted by molar-refractivity contribution is 0.217. The molecule has 2 heterocycles. The van der Waals surface area contributed by atoms with Gasteiger partial charge in [0, 0.05) is 5.39 Å². The highest BCUT2D eigenvalue weighted by atomic mass is 16.5. The number of aromatic nitrogens is 2. The Morgan fingerprint density at radius 3 is 2.61 bits per heavy atom. The Hall–Kier alpha value is -4.19. The molecule has 0 aliphatic carbocycles. The molecule has 0 aliphatic heterocycles. The molecule has 0 unspecified atom stereocenters. The molecule has 2 aromatic heterocycles. The summed E-state index contributed by atoms with van der Waals surface area (Å²) in [6.45, 7) is 4.12. The summed E-state index contributed by atoms with van der Waals surface area (Å²) in [5.74, 6) is 1.63. The number of benzene rings is 3. The van der Waals surface area contributed by atoms with Crippen LogP contribution >= 0.6 is 0 Å². The summed E-state index contributed by atoms with van der Waals surface area (Å²) in [6.07, 6.45) is 2.72. The first-order valence-electron chi connectivity index (χ1n) is 10.9. The van der Waals surface area contributed by atoms with Crippen LogP contribution in [0.5, 0.6) is 5.75 Å². The van der Waals surface area contributed by atoms with E-state index in [1.165, 1.54) is 4.68 Å². The molecule has 33 heavy (non-hydrogen) atoms. The van der Waals surface area contributed by atoms with Crippen LogP contribution in [0.15, 0.2) is 93.2 Å². The van der Waals surface area contributed by atoms with Gasteiger partial charge >= 0.3 is 0 Å². The zero-order chi connectivity index (χ0) is 22.8. The van der Waals surface area contributed by atoms with Gasteiger partial charge < -0.3 is 9.15 Å². The van der Waals surface area contributed by atoms with E-state index in [-0.39, 0.29) is 11.7 Å². The molecule has 0 saturated heterocycles. The average Bonchev–Trinajstić information content (AvgIpc) is 3.28. The quantitative estimate of drug-likeness (QED) is 0.312. The first-order valence-corrected chi connectivity index (χ1v) is 10.9. The third kappa shape index (κ3) is 4.15. The summed E-state index contributed by atoms with van der Waals surface area (Å²) < 4.78 is 13.1. The number of rotatable bonds is 6. The third-order valence-corrected chi connectivity index (χ3v) is 5.51. The SMILES string of the molecule is CC[C@H](C)Oc1ccc(C=Nn2c(-c3cc4ccccc4o3)nc3ccccc3c2=O)cc1. The largest absolute Gasteiger partial charge is 0.491 e. The molecule has 6 nitrogen and oxygen atoms in total. The summed E-state index contributed by atoms with van der Waals surface area (Å²) in [7, 11) is 0. The van der Waals surface area contributed by atoms with E-state index >= 15 is 0 Å². The van der Waals surface area contributed by atoms with Crippen LogP contribution in [0.2, 0.25) is 0 Å². The molecule has 1 atom stereocenters. The van der Waals surface area contributed by atoms with Crippen molar-refractivity contribution in [3.63, 3.8) is 0 Å². The molecule has 3 aromatic carbocycles. The maximum Gasteiger partial charge on any atom is 0.282 e. The first kappa shape index (κ1) is 20.7. The van der Waals surface area contributed by atoms with Crippen LogP contribution in [0.25, 0.3) is 33.5 Å². The molecule has 164 valence electrons. The summed E-state index contributed by atoms with van der Waals surface area (Å²) in [4.78, 5) is 18.0. The van der Waals surface area contributed by atoms with Gasteiger partial charge in [0.1, 0.15) is 11.3 Å². The molecule has 0 N–H and O–H groups in total. The minimum absolute atomic E-state index is 0.151. The van der Waals surface area contributed by atoms with Crippen molar-refractivity contribution < 1.29 is 9.15 Å². The van der Waals surface area contributed by atoms with Crippen LogP contribution in [0.1, 0.15) is 25.8 Å². The van der Waals surface area contributed by atoms with Crippen LogP contribution in [0.3, 0.4) is 0 Å². The number of hydrogen-bond donors (Lipinski definition) is 0. The summed E-state index contributed by atoms with van der Waals surface area (Å²) >= 11 is 0. The molecular formula is C27H23N3O3. The third-order valence-electron chi connectivity index (χ3n) is 5.51. The van der Waals surface area contributed by atoms with Gasteiger partial charge in [0.15, 0.2) is 5.76 Å². The van der Waals surface area contributed by atoms with Crippen molar-refractivity contribution in [2.45, 2.75) is 26.4 Å². The molecule has 0 spiro atoms. The highest BCUT2D eigenvalue weighted by Gasteiger charge is 2.16. The maximum atomic E-state index is 13.3. The lowest BCUT2D eigenvalue weighted by Gasteiger charge is -2.12. The molecule has 0 saturated carbocycles. The minimum atomic E-state index is -0.260. The van der Waals surface area contributed by atoms with E-state index < -0.39 is 0 Å². The molecule has 0 aliphatic rings.